The Kier molecular flexibility index (Phi) is 4.02. The number of nitrogens with zero attached hydrogens (tertiary/aromatic N) is 1. The SMILES string of the molecule is COC(=O)c1ccccc1NC(=O)/C=N/O. The maximum Gasteiger partial charge on any atom is 0.339 e. The van der Waals surface area contributed by atoms with Gasteiger partial charge in [0.25, 0.3) is 5.91 Å². The van der Waals surface area contributed by atoms with Crippen LogP contribution in [-0.4, -0.2) is 30.4 Å². The number of nitrogens with one attached hydrogen (secondary N) is 1. The molecule has 0 fully saturated rings. The third-order valence-electron chi connectivity index (χ3n) is 1.77. The van der Waals surface area contributed by atoms with E-state index in [1.807, 2.05) is 0 Å². The van der Waals surface area contributed by atoms with E-state index in [-0.39, 0.29) is 5.56 Å². The van der Waals surface area contributed by atoms with Crippen molar-refractivity contribution in [3.63, 3.8) is 0 Å². The summed E-state index contributed by atoms with van der Waals surface area (Å²) >= 11 is 0. The van der Waals surface area contributed by atoms with Gasteiger partial charge >= 0.3 is 5.97 Å². The van der Waals surface area contributed by atoms with Gasteiger partial charge in [0, 0.05) is 0 Å². The van der Waals surface area contributed by atoms with E-state index in [1.165, 1.54) is 19.2 Å². The maximum atomic E-state index is 11.3. The monoisotopic (exact) mass is 222 g/mol. The van der Waals surface area contributed by atoms with Crippen LogP contribution in [0.4, 0.5) is 5.69 Å². The van der Waals surface area contributed by atoms with Crippen LogP contribution < -0.4 is 5.32 Å². The minimum absolute atomic E-state index is 0.227. The molecule has 0 aliphatic carbocycles. The van der Waals surface area contributed by atoms with Crippen molar-refractivity contribution >= 4 is 23.8 Å². The van der Waals surface area contributed by atoms with Crippen LogP contribution in [0.3, 0.4) is 0 Å². The van der Waals surface area contributed by atoms with Crippen LogP contribution in [0.15, 0.2) is 29.4 Å². The number of para-hydroxylation sites is 1. The summed E-state index contributed by atoms with van der Waals surface area (Å²) in [5.74, 6) is -1.20. The molecule has 0 bridgehead atoms. The Labute approximate surface area is 91.5 Å². The Hall–Kier alpha value is -2.37. The largest absolute Gasteiger partial charge is 0.465 e. The number of hydrogen-bond acceptors (Lipinski definition) is 5. The first-order valence-corrected chi connectivity index (χ1v) is 4.34. The van der Waals surface area contributed by atoms with Gasteiger partial charge in [0.05, 0.1) is 18.4 Å². The van der Waals surface area contributed by atoms with E-state index in [0.717, 1.165) is 0 Å². The van der Waals surface area contributed by atoms with E-state index >= 15 is 0 Å². The number of carbonyl (C=O) groups excluding carboxylic acids is 2. The van der Waals surface area contributed by atoms with E-state index in [0.29, 0.717) is 11.9 Å². The molecule has 0 spiro atoms. The molecule has 0 aliphatic rings. The number of rotatable bonds is 3. The number of oxime groups is 1. The minimum Gasteiger partial charge on any atom is -0.465 e. The zero-order chi connectivity index (χ0) is 12.0. The van der Waals surface area contributed by atoms with E-state index in [1.54, 1.807) is 12.1 Å². The molecule has 0 unspecified atom stereocenters. The number of amides is 1. The molecule has 0 saturated carbocycles. The Morgan fingerprint density at radius 1 is 1.44 bits per heavy atom. The first-order valence-electron chi connectivity index (χ1n) is 4.34. The van der Waals surface area contributed by atoms with Gasteiger partial charge in [0.1, 0.15) is 6.21 Å². The summed E-state index contributed by atoms with van der Waals surface area (Å²) in [6, 6.07) is 6.34. The lowest BCUT2D eigenvalue weighted by molar-refractivity contribution is -0.110. The molecule has 16 heavy (non-hydrogen) atoms. The molecule has 1 aromatic rings. The van der Waals surface area contributed by atoms with Crippen molar-refractivity contribution in [1.82, 2.24) is 0 Å². The maximum absolute atomic E-state index is 11.3. The molecule has 1 amide bonds. The van der Waals surface area contributed by atoms with Crippen LogP contribution in [0, 0.1) is 0 Å². The summed E-state index contributed by atoms with van der Waals surface area (Å²) in [6.45, 7) is 0. The first-order chi connectivity index (χ1) is 7.69. The predicted octanol–water partition coefficient (Wildman–Crippen LogP) is 0.872. The molecule has 84 valence electrons. The van der Waals surface area contributed by atoms with Gasteiger partial charge in [-0.1, -0.05) is 17.3 Å². The van der Waals surface area contributed by atoms with Crippen molar-refractivity contribution < 1.29 is 19.5 Å². The van der Waals surface area contributed by atoms with Crippen LogP contribution >= 0.6 is 0 Å². The van der Waals surface area contributed by atoms with Gasteiger partial charge in [-0.25, -0.2) is 4.79 Å². The summed E-state index contributed by atoms with van der Waals surface area (Å²) < 4.78 is 4.55. The molecule has 0 heterocycles. The molecule has 1 aromatic carbocycles. The quantitative estimate of drug-likeness (QED) is 0.344. The third-order valence-corrected chi connectivity index (χ3v) is 1.77. The predicted molar refractivity (Wildman–Crippen MR) is 56.7 cm³/mol. The van der Waals surface area contributed by atoms with Gasteiger partial charge in [-0.05, 0) is 12.1 Å². The summed E-state index contributed by atoms with van der Waals surface area (Å²) in [4.78, 5) is 22.4. The summed E-state index contributed by atoms with van der Waals surface area (Å²) in [7, 11) is 1.25. The van der Waals surface area contributed by atoms with Crippen LogP contribution in [0.1, 0.15) is 10.4 Å². The number of anilines is 1. The number of hydrogen-bond donors (Lipinski definition) is 2. The molecule has 2 N–H and O–H groups in total. The van der Waals surface area contributed by atoms with Crippen molar-refractivity contribution in [2.75, 3.05) is 12.4 Å². The molecular formula is C10H10N2O4. The van der Waals surface area contributed by atoms with Crippen LogP contribution in [0.5, 0.6) is 0 Å². The van der Waals surface area contributed by atoms with Crippen LogP contribution in [0.2, 0.25) is 0 Å². The molecule has 6 heteroatoms. The van der Waals surface area contributed by atoms with E-state index < -0.39 is 11.9 Å². The molecule has 0 radical (unpaired) electrons. The van der Waals surface area contributed by atoms with Gasteiger partial charge < -0.3 is 15.3 Å². The number of ether oxygens (including phenoxy) is 1. The van der Waals surface area contributed by atoms with Gasteiger partial charge in [-0.15, -0.1) is 0 Å². The Morgan fingerprint density at radius 2 is 2.12 bits per heavy atom. The zero-order valence-electron chi connectivity index (χ0n) is 8.51. The molecule has 1 rings (SSSR count). The van der Waals surface area contributed by atoms with Gasteiger partial charge in [0.15, 0.2) is 0 Å². The Balaban J connectivity index is 2.95. The molecular weight excluding hydrogens is 212 g/mol. The first kappa shape index (κ1) is 11.7. The van der Waals surface area contributed by atoms with E-state index in [2.05, 4.69) is 15.2 Å². The lowest BCUT2D eigenvalue weighted by Gasteiger charge is -2.07. The zero-order valence-corrected chi connectivity index (χ0v) is 8.51. The summed E-state index contributed by atoms with van der Waals surface area (Å²) in [5.41, 5.74) is 0.518. The molecule has 0 saturated heterocycles. The van der Waals surface area contributed by atoms with Gasteiger partial charge in [0.2, 0.25) is 0 Å². The fourth-order valence-electron chi connectivity index (χ4n) is 1.10. The van der Waals surface area contributed by atoms with Crippen molar-refractivity contribution in [3.8, 4) is 0 Å². The van der Waals surface area contributed by atoms with E-state index in [4.69, 9.17) is 5.21 Å². The highest BCUT2D eigenvalue weighted by Gasteiger charge is 2.12. The average Bonchev–Trinajstić information content (AvgIpc) is 2.29. The highest BCUT2D eigenvalue weighted by Crippen LogP contribution is 2.15. The second kappa shape index (κ2) is 5.50. The standard InChI is InChI=1S/C10H10N2O4/c1-16-10(14)7-4-2-3-5-8(7)12-9(13)6-11-15/h2-6,15H,1H3,(H,12,13)/b11-6+. The van der Waals surface area contributed by atoms with Crippen LogP contribution in [0.25, 0.3) is 0 Å². The van der Waals surface area contributed by atoms with Gasteiger partial charge in [-0.3, -0.25) is 4.79 Å². The van der Waals surface area contributed by atoms with Gasteiger partial charge in [-0.2, -0.15) is 0 Å². The Bertz CT molecular complexity index is 429. The fraction of sp³-hybridized carbons (Fsp3) is 0.100. The number of methoxy groups -OCH3 is 1. The molecule has 0 aliphatic heterocycles. The third kappa shape index (κ3) is 2.81. The smallest absolute Gasteiger partial charge is 0.339 e. The van der Waals surface area contributed by atoms with Crippen molar-refractivity contribution in [1.29, 1.82) is 0 Å². The second-order valence-corrected chi connectivity index (χ2v) is 2.77. The lowest BCUT2D eigenvalue weighted by atomic mass is 10.2. The van der Waals surface area contributed by atoms with Crippen molar-refractivity contribution in [2.45, 2.75) is 0 Å². The normalized spacial score (nSPS) is 10.1. The highest BCUT2D eigenvalue weighted by atomic mass is 16.5. The average molecular weight is 222 g/mol. The molecule has 0 atom stereocenters. The second-order valence-electron chi connectivity index (χ2n) is 2.77. The highest BCUT2D eigenvalue weighted by molar-refractivity contribution is 6.32. The number of esters is 1. The van der Waals surface area contributed by atoms with E-state index in [9.17, 15) is 9.59 Å². The van der Waals surface area contributed by atoms with Crippen LogP contribution in [-0.2, 0) is 9.53 Å². The summed E-state index contributed by atoms with van der Waals surface area (Å²) in [6.07, 6.45) is 0.689. The summed E-state index contributed by atoms with van der Waals surface area (Å²) in [5, 5.41) is 13.1. The van der Waals surface area contributed by atoms with Crippen molar-refractivity contribution in [2.24, 2.45) is 5.16 Å². The number of benzene rings is 1. The fourth-order valence-corrected chi connectivity index (χ4v) is 1.10. The molecule has 6 nitrogen and oxygen atoms in total. The lowest BCUT2D eigenvalue weighted by Crippen LogP contribution is -2.15. The Morgan fingerprint density at radius 3 is 2.75 bits per heavy atom. The molecule has 0 aromatic heterocycles. The topological polar surface area (TPSA) is 88.0 Å². The van der Waals surface area contributed by atoms with Crippen molar-refractivity contribution in [3.05, 3.63) is 29.8 Å². The minimum atomic E-state index is -0.640. The number of carbonyl (C=O) groups is 2.